The number of hydrogen-bond acceptors (Lipinski definition) is 2. The summed E-state index contributed by atoms with van der Waals surface area (Å²) >= 11 is 0. The van der Waals surface area contributed by atoms with Gasteiger partial charge in [-0.1, -0.05) is 156 Å². The van der Waals surface area contributed by atoms with Crippen LogP contribution in [0.15, 0.2) is 0 Å². The average Bonchev–Trinajstić information content (AvgIpc) is 2.81. The molecule has 0 aromatic carbocycles. The van der Waals surface area contributed by atoms with Gasteiger partial charge in [-0.25, -0.2) is 0 Å². The summed E-state index contributed by atoms with van der Waals surface area (Å²) in [5.41, 5.74) is -0.266. The molecule has 0 fully saturated rings. The number of rotatable bonds is 26. The lowest BCUT2D eigenvalue weighted by molar-refractivity contribution is -0.156. The van der Waals surface area contributed by atoms with Crippen LogP contribution in [-0.2, 0) is 9.53 Å². The van der Waals surface area contributed by atoms with E-state index in [0.29, 0.717) is 6.61 Å². The Bertz CT molecular complexity index is 406. The number of unbranched alkanes of at least 4 members (excludes halogenated alkanes) is 19. The molecule has 198 valence electrons. The molecular weight excluding hydrogens is 404 g/mol. The van der Waals surface area contributed by atoms with Crippen molar-refractivity contribution in [1.29, 1.82) is 0 Å². The number of carbonyl (C=O) groups is 1. The maximum Gasteiger partial charge on any atom is 0.311 e. The topological polar surface area (TPSA) is 26.3 Å². The summed E-state index contributed by atoms with van der Waals surface area (Å²) < 4.78 is 5.78. The van der Waals surface area contributed by atoms with E-state index < -0.39 is 0 Å². The Morgan fingerprint density at radius 2 is 0.788 bits per heavy atom. The molecule has 1 unspecified atom stereocenters. The van der Waals surface area contributed by atoms with Gasteiger partial charge in [-0.3, -0.25) is 4.79 Å². The fraction of sp³-hybridized carbons (Fsp3) is 0.968. The van der Waals surface area contributed by atoms with Gasteiger partial charge in [-0.05, 0) is 26.2 Å². The summed E-state index contributed by atoms with van der Waals surface area (Å²) in [6.07, 6.45) is 30.9. The summed E-state index contributed by atoms with van der Waals surface area (Å²) in [6.45, 7) is 9.56. The number of hydrogen-bond donors (Lipinski definition) is 0. The predicted molar refractivity (Wildman–Crippen MR) is 147 cm³/mol. The van der Waals surface area contributed by atoms with Gasteiger partial charge in [0, 0.05) is 0 Å². The van der Waals surface area contributed by atoms with E-state index in [1.54, 1.807) is 0 Å². The van der Waals surface area contributed by atoms with E-state index in [9.17, 15) is 4.79 Å². The third-order valence-corrected chi connectivity index (χ3v) is 7.39. The zero-order valence-electron chi connectivity index (χ0n) is 23.5. The molecule has 0 saturated carbocycles. The molecule has 0 saturated heterocycles. The van der Waals surface area contributed by atoms with Gasteiger partial charge in [0.15, 0.2) is 0 Å². The van der Waals surface area contributed by atoms with Gasteiger partial charge in [0.1, 0.15) is 0 Å². The van der Waals surface area contributed by atoms with Gasteiger partial charge in [0.25, 0.3) is 0 Å². The first kappa shape index (κ1) is 32.5. The minimum absolute atomic E-state index is 0.0730. The Kier molecular flexibility index (Phi) is 24.2. The second-order valence-corrected chi connectivity index (χ2v) is 10.9. The van der Waals surface area contributed by atoms with Gasteiger partial charge in [0.05, 0.1) is 12.0 Å². The van der Waals surface area contributed by atoms with Gasteiger partial charge in [-0.15, -0.1) is 0 Å². The maximum absolute atomic E-state index is 12.9. The van der Waals surface area contributed by atoms with Crippen molar-refractivity contribution in [3.8, 4) is 0 Å². The molecule has 0 radical (unpaired) electrons. The van der Waals surface area contributed by atoms with E-state index >= 15 is 0 Å². The van der Waals surface area contributed by atoms with Crippen LogP contribution in [0.3, 0.4) is 0 Å². The normalized spacial score (nSPS) is 13.2. The molecule has 2 heteroatoms. The second kappa shape index (κ2) is 24.6. The molecule has 0 bridgehead atoms. The summed E-state index contributed by atoms with van der Waals surface area (Å²) in [4.78, 5) is 12.9. The van der Waals surface area contributed by atoms with Crippen molar-refractivity contribution < 1.29 is 9.53 Å². The zero-order chi connectivity index (χ0) is 24.5. The monoisotopic (exact) mass is 466 g/mol. The summed E-state index contributed by atoms with van der Waals surface area (Å²) in [5.74, 6) is 0.0730. The summed E-state index contributed by atoms with van der Waals surface area (Å²) in [6, 6.07) is 0. The standard InChI is InChI=1S/C31H62O2/c1-5-8-11-13-14-15-16-17-18-19-20-21-23-26-29-33-30(32)31(4,27-24-10-7-3)28-25-22-12-9-6-2/h5-29H2,1-4H3. The zero-order valence-corrected chi connectivity index (χ0v) is 23.5. The van der Waals surface area contributed by atoms with Crippen LogP contribution in [0.2, 0.25) is 0 Å². The van der Waals surface area contributed by atoms with E-state index in [0.717, 1.165) is 32.1 Å². The Labute approximate surface area is 209 Å². The first-order valence-electron chi connectivity index (χ1n) is 15.3. The Hall–Kier alpha value is -0.530. The van der Waals surface area contributed by atoms with Crippen LogP contribution < -0.4 is 0 Å². The first-order chi connectivity index (χ1) is 16.1. The largest absolute Gasteiger partial charge is 0.465 e. The number of ether oxygens (including phenoxy) is 1. The number of carbonyl (C=O) groups excluding carboxylic acids is 1. The Balaban J connectivity index is 3.79. The molecule has 0 rings (SSSR count). The van der Waals surface area contributed by atoms with E-state index in [2.05, 4.69) is 27.7 Å². The minimum Gasteiger partial charge on any atom is -0.465 e. The van der Waals surface area contributed by atoms with Crippen molar-refractivity contribution in [3.63, 3.8) is 0 Å². The fourth-order valence-corrected chi connectivity index (χ4v) is 4.85. The van der Waals surface area contributed by atoms with E-state index in [1.807, 2.05) is 0 Å². The highest BCUT2D eigenvalue weighted by molar-refractivity contribution is 5.76. The number of esters is 1. The smallest absolute Gasteiger partial charge is 0.311 e. The minimum atomic E-state index is -0.266. The SMILES string of the molecule is CCCCCCCCCCCCCCCCOC(=O)C(C)(CCCCC)CCCCCCC. The average molecular weight is 467 g/mol. The van der Waals surface area contributed by atoms with Crippen LogP contribution in [0.25, 0.3) is 0 Å². The molecule has 0 amide bonds. The van der Waals surface area contributed by atoms with Crippen LogP contribution in [0.4, 0.5) is 0 Å². The molecule has 0 spiro atoms. The van der Waals surface area contributed by atoms with Gasteiger partial charge >= 0.3 is 5.97 Å². The Morgan fingerprint density at radius 1 is 0.485 bits per heavy atom. The van der Waals surface area contributed by atoms with Crippen molar-refractivity contribution >= 4 is 5.97 Å². The summed E-state index contributed by atoms with van der Waals surface area (Å²) in [7, 11) is 0. The lowest BCUT2D eigenvalue weighted by Crippen LogP contribution is -2.30. The molecule has 1 atom stereocenters. The molecule has 0 aromatic heterocycles. The van der Waals surface area contributed by atoms with Crippen molar-refractivity contribution in [3.05, 3.63) is 0 Å². The predicted octanol–water partition coefficient (Wildman–Crippen LogP) is 11.0. The van der Waals surface area contributed by atoms with Crippen molar-refractivity contribution in [1.82, 2.24) is 0 Å². The summed E-state index contributed by atoms with van der Waals surface area (Å²) in [5, 5.41) is 0. The molecule has 0 aromatic rings. The third-order valence-electron chi connectivity index (χ3n) is 7.39. The molecular formula is C31H62O2. The lowest BCUT2D eigenvalue weighted by Gasteiger charge is -2.27. The van der Waals surface area contributed by atoms with Gasteiger partial charge < -0.3 is 4.74 Å². The molecule has 0 N–H and O–H groups in total. The van der Waals surface area contributed by atoms with Crippen molar-refractivity contribution in [2.45, 2.75) is 182 Å². The van der Waals surface area contributed by atoms with Crippen LogP contribution in [0.1, 0.15) is 182 Å². The van der Waals surface area contributed by atoms with E-state index in [1.165, 1.54) is 122 Å². The highest BCUT2D eigenvalue weighted by Gasteiger charge is 2.33. The molecule has 0 aliphatic carbocycles. The highest BCUT2D eigenvalue weighted by Crippen LogP contribution is 2.33. The van der Waals surface area contributed by atoms with Gasteiger partial charge in [-0.2, -0.15) is 0 Å². The van der Waals surface area contributed by atoms with Crippen LogP contribution >= 0.6 is 0 Å². The first-order valence-corrected chi connectivity index (χ1v) is 15.3. The van der Waals surface area contributed by atoms with Crippen molar-refractivity contribution in [2.24, 2.45) is 5.41 Å². The van der Waals surface area contributed by atoms with E-state index in [-0.39, 0.29) is 11.4 Å². The second-order valence-electron chi connectivity index (χ2n) is 10.9. The Morgan fingerprint density at radius 3 is 1.21 bits per heavy atom. The molecule has 0 aliphatic heterocycles. The fourth-order valence-electron chi connectivity index (χ4n) is 4.85. The van der Waals surface area contributed by atoms with Crippen LogP contribution in [0.5, 0.6) is 0 Å². The third kappa shape index (κ3) is 20.5. The van der Waals surface area contributed by atoms with Crippen molar-refractivity contribution in [2.75, 3.05) is 6.61 Å². The molecule has 2 nitrogen and oxygen atoms in total. The van der Waals surface area contributed by atoms with Gasteiger partial charge in [0.2, 0.25) is 0 Å². The van der Waals surface area contributed by atoms with Crippen LogP contribution in [0, 0.1) is 5.41 Å². The maximum atomic E-state index is 12.9. The lowest BCUT2D eigenvalue weighted by atomic mass is 9.79. The van der Waals surface area contributed by atoms with E-state index in [4.69, 9.17) is 4.74 Å². The van der Waals surface area contributed by atoms with Crippen LogP contribution in [-0.4, -0.2) is 12.6 Å². The molecule has 0 aliphatic rings. The highest BCUT2D eigenvalue weighted by atomic mass is 16.5. The molecule has 33 heavy (non-hydrogen) atoms. The molecule has 0 heterocycles. The quantitative estimate of drug-likeness (QED) is 0.0935.